The summed E-state index contributed by atoms with van der Waals surface area (Å²) < 4.78 is 80.6. The van der Waals surface area contributed by atoms with Crippen molar-refractivity contribution in [2.24, 2.45) is 0 Å². The number of sulfonamides is 1. The zero-order valence-electron chi connectivity index (χ0n) is 16.0. The number of rotatable bonds is 5. The van der Waals surface area contributed by atoms with Gasteiger partial charge in [-0.05, 0) is 36.4 Å². The van der Waals surface area contributed by atoms with Crippen molar-refractivity contribution in [3.8, 4) is 5.75 Å². The largest absolute Gasteiger partial charge is 0.573 e. The number of carbonyl (C=O) groups excluding carboxylic acids is 1. The molecule has 0 radical (unpaired) electrons. The van der Waals surface area contributed by atoms with Gasteiger partial charge in [-0.1, -0.05) is 18.2 Å². The molecule has 0 unspecified atom stereocenters. The molecule has 1 aliphatic heterocycles. The van der Waals surface area contributed by atoms with E-state index in [-0.39, 0.29) is 42.5 Å². The lowest BCUT2D eigenvalue weighted by Crippen LogP contribution is -2.50. The Bertz CT molecular complexity index is 1060. The monoisotopic (exact) mass is 458 g/mol. The summed E-state index contributed by atoms with van der Waals surface area (Å²) in [5, 5.41) is 0. The predicted molar refractivity (Wildman–Crippen MR) is 104 cm³/mol. The smallest absolute Gasteiger partial charge is 0.406 e. The van der Waals surface area contributed by atoms with E-state index in [1.54, 1.807) is 6.07 Å². The molecule has 0 spiro atoms. The molecule has 0 aromatic heterocycles. The maximum atomic E-state index is 13.6. The van der Waals surface area contributed by atoms with Crippen molar-refractivity contribution in [3.05, 3.63) is 66.0 Å². The summed E-state index contributed by atoms with van der Waals surface area (Å²) >= 11 is 0. The van der Waals surface area contributed by atoms with Crippen LogP contribution >= 0.6 is 0 Å². The summed E-state index contributed by atoms with van der Waals surface area (Å²) in [6.07, 6.45) is -2.29. The Hall–Kier alpha value is -2.92. The average molecular weight is 458 g/mol. The fraction of sp³-hybridized carbons (Fsp3) is 0.250. The molecule has 0 atom stereocenters. The van der Waals surface area contributed by atoms with Gasteiger partial charge in [-0.25, -0.2) is 12.8 Å². The molecule has 1 heterocycles. The highest BCUT2D eigenvalue weighted by molar-refractivity contribution is 7.89. The number of amides is 1. The first kappa shape index (κ1) is 22.8. The van der Waals surface area contributed by atoms with Crippen molar-refractivity contribution in [1.29, 1.82) is 0 Å². The van der Waals surface area contributed by atoms with Gasteiger partial charge in [0.2, 0.25) is 15.9 Å². The van der Waals surface area contributed by atoms with Crippen LogP contribution in [0.15, 0.2) is 59.5 Å². The number of benzene rings is 2. The Morgan fingerprint density at radius 2 is 1.58 bits per heavy atom. The van der Waals surface area contributed by atoms with Crippen molar-refractivity contribution >= 4 is 22.0 Å². The Kier molecular flexibility index (Phi) is 6.65. The quantitative estimate of drug-likeness (QED) is 0.510. The molecule has 0 aliphatic carbocycles. The van der Waals surface area contributed by atoms with Crippen LogP contribution in [0.5, 0.6) is 5.75 Å². The van der Waals surface area contributed by atoms with E-state index in [1.165, 1.54) is 35.3 Å². The molecule has 1 amide bonds. The summed E-state index contributed by atoms with van der Waals surface area (Å²) in [6.45, 7) is 0.273. The molecular weight excluding hydrogens is 440 g/mol. The highest BCUT2D eigenvalue weighted by Crippen LogP contribution is 2.25. The van der Waals surface area contributed by atoms with Gasteiger partial charge in [-0.15, -0.1) is 13.2 Å². The fourth-order valence-electron chi connectivity index (χ4n) is 2.99. The van der Waals surface area contributed by atoms with Crippen molar-refractivity contribution in [3.63, 3.8) is 0 Å². The highest BCUT2D eigenvalue weighted by Gasteiger charge is 2.32. The lowest BCUT2D eigenvalue weighted by Gasteiger charge is -2.33. The van der Waals surface area contributed by atoms with Crippen molar-refractivity contribution in [1.82, 2.24) is 9.21 Å². The van der Waals surface area contributed by atoms with Gasteiger partial charge in [0.05, 0.1) is 4.90 Å². The zero-order valence-corrected chi connectivity index (χ0v) is 16.9. The van der Waals surface area contributed by atoms with Crippen LogP contribution in [0, 0.1) is 5.82 Å². The number of nitrogens with zero attached hydrogens (tertiary/aromatic N) is 2. The molecule has 2 aromatic rings. The van der Waals surface area contributed by atoms with E-state index < -0.39 is 28.0 Å². The van der Waals surface area contributed by atoms with E-state index in [2.05, 4.69) is 4.74 Å². The summed E-state index contributed by atoms with van der Waals surface area (Å²) in [6, 6.07) is 9.88. The first-order valence-corrected chi connectivity index (χ1v) is 10.6. The van der Waals surface area contributed by atoms with Gasteiger partial charge in [-0.3, -0.25) is 4.79 Å². The van der Waals surface area contributed by atoms with E-state index >= 15 is 0 Å². The molecule has 0 N–H and O–H groups in total. The van der Waals surface area contributed by atoms with E-state index in [1.807, 2.05) is 0 Å². The van der Waals surface area contributed by atoms with Crippen molar-refractivity contribution in [2.45, 2.75) is 11.3 Å². The average Bonchev–Trinajstić information content (AvgIpc) is 2.72. The number of piperazine rings is 1. The van der Waals surface area contributed by atoms with Crippen molar-refractivity contribution in [2.75, 3.05) is 26.2 Å². The summed E-state index contributed by atoms with van der Waals surface area (Å²) in [4.78, 5) is 13.6. The number of alkyl halides is 3. The first-order valence-electron chi connectivity index (χ1n) is 9.14. The first-order chi connectivity index (χ1) is 14.6. The van der Waals surface area contributed by atoms with Crippen LogP contribution in [-0.2, 0) is 14.8 Å². The molecule has 1 fully saturated rings. The fourth-order valence-corrected chi connectivity index (χ4v) is 4.41. The number of halogens is 4. The van der Waals surface area contributed by atoms with E-state index in [4.69, 9.17) is 0 Å². The third-order valence-corrected chi connectivity index (χ3v) is 6.47. The third-order valence-electron chi connectivity index (χ3n) is 4.56. The summed E-state index contributed by atoms with van der Waals surface area (Å²) in [5.74, 6) is -1.37. The molecule has 0 bridgehead atoms. The zero-order chi connectivity index (χ0) is 22.6. The topological polar surface area (TPSA) is 66.9 Å². The molecule has 0 saturated carbocycles. The van der Waals surface area contributed by atoms with E-state index in [0.29, 0.717) is 0 Å². The normalized spacial score (nSPS) is 15.9. The second-order valence-electron chi connectivity index (χ2n) is 6.60. The number of carbonyl (C=O) groups is 1. The van der Waals surface area contributed by atoms with Gasteiger partial charge in [0.1, 0.15) is 11.6 Å². The Balaban J connectivity index is 1.60. The minimum absolute atomic E-state index is 0.0163. The van der Waals surface area contributed by atoms with Gasteiger partial charge in [-0.2, -0.15) is 4.31 Å². The molecule has 6 nitrogen and oxygen atoms in total. The lowest BCUT2D eigenvalue weighted by molar-refractivity contribution is -0.274. The minimum Gasteiger partial charge on any atom is -0.406 e. The van der Waals surface area contributed by atoms with E-state index in [9.17, 15) is 30.8 Å². The number of ether oxygens (including phenoxy) is 1. The molecule has 31 heavy (non-hydrogen) atoms. The molecule has 3 rings (SSSR count). The van der Waals surface area contributed by atoms with Gasteiger partial charge in [0.25, 0.3) is 0 Å². The Labute approximate surface area is 176 Å². The maximum Gasteiger partial charge on any atom is 0.573 e. The standard InChI is InChI=1S/C20H18F4N2O4S/c21-18-4-2-1-3-15(18)5-10-19(27)25-11-13-26(14-12-25)31(28,29)17-8-6-16(7-9-17)30-20(22,23)24/h1-10H,11-14H2/b10-5+. The second kappa shape index (κ2) is 9.06. The summed E-state index contributed by atoms with van der Waals surface area (Å²) in [7, 11) is -3.94. The molecule has 1 aliphatic rings. The van der Waals surface area contributed by atoms with Crippen LogP contribution in [0.2, 0.25) is 0 Å². The molecule has 11 heteroatoms. The highest BCUT2D eigenvalue weighted by atomic mass is 32.2. The molecular formula is C20H18F4N2O4S. The van der Waals surface area contributed by atoms with Gasteiger partial charge >= 0.3 is 6.36 Å². The van der Waals surface area contributed by atoms with Gasteiger partial charge in [0, 0.05) is 37.8 Å². The SMILES string of the molecule is O=C(/C=C/c1ccccc1F)N1CCN(S(=O)(=O)c2ccc(OC(F)(F)F)cc2)CC1. The van der Waals surface area contributed by atoms with Crippen molar-refractivity contribution < 1.29 is 35.5 Å². The third kappa shape index (κ3) is 5.82. The Morgan fingerprint density at radius 3 is 2.16 bits per heavy atom. The van der Waals surface area contributed by atoms with Crippen LogP contribution < -0.4 is 4.74 Å². The predicted octanol–water partition coefficient (Wildman–Crippen LogP) is 3.27. The van der Waals surface area contributed by atoms with E-state index in [0.717, 1.165) is 28.6 Å². The van der Waals surface area contributed by atoms with Crippen LogP contribution in [0.25, 0.3) is 6.08 Å². The second-order valence-corrected chi connectivity index (χ2v) is 8.54. The number of hydrogen-bond donors (Lipinski definition) is 0. The summed E-state index contributed by atoms with van der Waals surface area (Å²) in [5.41, 5.74) is 0.259. The lowest BCUT2D eigenvalue weighted by atomic mass is 10.2. The van der Waals surface area contributed by atoms with Crippen LogP contribution in [-0.4, -0.2) is 56.1 Å². The minimum atomic E-state index is -4.87. The van der Waals surface area contributed by atoms with Crippen LogP contribution in [0.4, 0.5) is 17.6 Å². The molecule has 166 valence electrons. The van der Waals surface area contributed by atoms with Gasteiger partial charge < -0.3 is 9.64 Å². The maximum absolute atomic E-state index is 13.6. The van der Waals surface area contributed by atoms with Crippen LogP contribution in [0.3, 0.4) is 0 Å². The Morgan fingerprint density at radius 1 is 0.968 bits per heavy atom. The molecule has 1 saturated heterocycles. The van der Waals surface area contributed by atoms with Gasteiger partial charge in [0.15, 0.2) is 0 Å². The van der Waals surface area contributed by atoms with Crippen LogP contribution in [0.1, 0.15) is 5.56 Å². The number of hydrogen-bond acceptors (Lipinski definition) is 4. The molecule has 2 aromatic carbocycles.